The van der Waals surface area contributed by atoms with Crippen LogP contribution < -0.4 is 11.1 Å². The highest BCUT2D eigenvalue weighted by Gasteiger charge is 2.12. The summed E-state index contributed by atoms with van der Waals surface area (Å²) in [6, 6.07) is 5.59. The normalized spacial score (nSPS) is 10.8. The Hall–Kier alpha value is -2.04. The van der Waals surface area contributed by atoms with E-state index in [0.717, 1.165) is 29.7 Å². The van der Waals surface area contributed by atoms with Crippen LogP contribution in [0.1, 0.15) is 19.2 Å². The third-order valence-corrected chi connectivity index (χ3v) is 2.91. The fourth-order valence-electron chi connectivity index (χ4n) is 2.01. The Balaban J connectivity index is 2.51. The van der Waals surface area contributed by atoms with Gasteiger partial charge in [-0.3, -0.25) is 4.79 Å². The molecular formula is C13H18N4O. The number of imidazole rings is 1. The van der Waals surface area contributed by atoms with Gasteiger partial charge in [-0.15, -0.1) is 0 Å². The van der Waals surface area contributed by atoms with E-state index in [1.165, 1.54) is 0 Å². The van der Waals surface area contributed by atoms with Crippen LogP contribution in [0.3, 0.4) is 0 Å². The Morgan fingerprint density at radius 3 is 2.94 bits per heavy atom. The van der Waals surface area contributed by atoms with Crippen molar-refractivity contribution in [3.05, 3.63) is 24.0 Å². The van der Waals surface area contributed by atoms with Crippen LogP contribution in [0.5, 0.6) is 0 Å². The Bertz CT molecular complexity index is 574. The van der Waals surface area contributed by atoms with Crippen LogP contribution in [0.2, 0.25) is 0 Å². The highest BCUT2D eigenvalue weighted by atomic mass is 16.1. The second-order valence-electron chi connectivity index (χ2n) is 4.29. The zero-order chi connectivity index (χ0) is 13.1. The molecule has 0 aliphatic carbocycles. The highest BCUT2D eigenvalue weighted by molar-refractivity contribution is 5.82. The van der Waals surface area contributed by atoms with Crippen molar-refractivity contribution in [2.75, 3.05) is 12.8 Å². The largest absolute Gasteiger partial charge is 0.399 e. The second kappa shape index (κ2) is 5.08. The molecule has 2 rings (SSSR count). The first-order chi connectivity index (χ1) is 8.65. The van der Waals surface area contributed by atoms with Gasteiger partial charge in [0.25, 0.3) is 0 Å². The van der Waals surface area contributed by atoms with Crippen LogP contribution in [0.4, 0.5) is 5.69 Å². The molecule has 0 radical (unpaired) electrons. The molecule has 3 N–H and O–H groups in total. The van der Waals surface area contributed by atoms with Gasteiger partial charge in [0, 0.05) is 19.2 Å². The van der Waals surface area contributed by atoms with Crippen molar-refractivity contribution >= 4 is 22.6 Å². The van der Waals surface area contributed by atoms with Crippen LogP contribution in [0.15, 0.2) is 18.2 Å². The smallest absolute Gasteiger partial charge is 0.239 e. The van der Waals surface area contributed by atoms with Crippen LogP contribution in [0.25, 0.3) is 11.0 Å². The first-order valence-corrected chi connectivity index (χ1v) is 6.11. The number of anilines is 1. The summed E-state index contributed by atoms with van der Waals surface area (Å²) in [4.78, 5) is 16.1. The molecule has 0 spiro atoms. The maximum absolute atomic E-state index is 11.6. The van der Waals surface area contributed by atoms with Gasteiger partial charge >= 0.3 is 0 Å². The lowest BCUT2D eigenvalue weighted by atomic mass is 10.3. The van der Waals surface area contributed by atoms with Crippen LogP contribution in [-0.2, 0) is 17.8 Å². The van der Waals surface area contributed by atoms with E-state index in [9.17, 15) is 4.79 Å². The number of nitrogen functional groups attached to an aromatic ring is 1. The monoisotopic (exact) mass is 246 g/mol. The van der Waals surface area contributed by atoms with Gasteiger partial charge in [-0.05, 0) is 24.6 Å². The number of amides is 1. The molecule has 1 heterocycles. The van der Waals surface area contributed by atoms with Crippen molar-refractivity contribution < 1.29 is 4.79 Å². The Kier molecular flexibility index (Phi) is 3.50. The molecule has 1 aromatic carbocycles. The van der Waals surface area contributed by atoms with Crippen LogP contribution >= 0.6 is 0 Å². The average Bonchev–Trinajstić information content (AvgIpc) is 2.67. The zero-order valence-corrected chi connectivity index (χ0v) is 10.7. The number of nitrogens with zero attached hydrogens (tertiary/aromatic N) is 2. The first kappa shape index (κ1) is 12.4. The predicted molar refractivity (Wildman–Crippen MR) is 72.2 cm³/mol. The van der Waals surface area contributed by atoms with E-state index in [1.54, 1.807) is 7.05 Å². The van der Waals surface area contributed by atoms with Crippen LogP contribution in [-0.4, -0.2) is 22.5 Å². The molecule has 5 heteroatoms. The molecule has 0 aliphatic rings. The highest BCUT2D eigenvalue weighted by Crippen LogP contribution is 2.19. The number of aryl methyl sites for hydroxylation is 1. The summed E-state index contributed by atoms with van der Waals surface area (Å²) in [7, 11) is 1.64. The molecule has 1 aromatic heterocycles. The molecule has 18 heavy (non-hydrogen) atoms. The standard InChI is InChI=1S/C13H18N4O/c1-3-4-12-16-10-7-9(14)5-6-11(10)17(12)8-13(18)15-2/h5-7H,3-4,8,14H2,1-2H3,(H,15,18). The van der Waals surface area contributed by atoms with E-state index < -0.39 is 0 Å². The van der Waals surface area contributed by atoms with Gasteiger partial charge in [0.2, 0.25) is 5.91 Å². The maximum atomic E-state index is 11.6. The van der Waals surface area contributed by atoms with Crippen molar-refractivity contribution in [1.82, 2.24) is 14.9 Å². The number of nitrogens with one attached hydrogen (secondary N) is 1. The molecule has 5 nitrogen and oxygen atoms in total. The zero-order valence-electron chi connectivity index (χ0n) is 10.7. The number of fused-ring (bicyclic) bond motifs is 1. The lowest BCUT2D eigenvalue weighted by Gasteiger charge is -2.07. The SMILES string of the molecule is CCCc1nc2cc(N)ccc2n1CC(=O)NC. The minimum absolute atomic E-state index is 0.0246. The number of benzene rings is 1. The van der Waals surface area contributed by atoms with Gasteiger partial charge in [0.1, 0.15) is 12.4 Å². The molecule has 96 valence electrons. The Morgan fingerprint density at radius 1 is 1.50 bits per heavy atom. The van der Waals surface area contributed by atoms with Gasteiger partial charge in [-0.1, -0.05) is 6.92 Å². The third-order valence-electron chi connectivity index (χ3n) is 2.91. The van der Waals surface area contributed by atoms with E-state index in [-0.39, 0.29) is 5.91 Å². The average molecular weight is 246 g/mol. The number of nitrogens with two attached hydrogens (primary N) is 1. The number of hydrogen-bond acceptors (Lipinski definition) is 3. The molecule has 0 saturated heterocycles. The number of likely N-dealkylation sites (N-methyl/N-ethyl adjacent to an activating group) is 1. The quantitative estimate of drug-likeness (QED) is 0.799. The van der Waals surface area contributed by atoms with E-state index in [0.29, 0.717) is 12.2 Å². The maximum Gasteiger partial charge on any atom is 0.239 e. The van der Waals surface area contributed by atoms with Crippen molar-refractivity contribution in [3.8, 4) is 0 Å². The number of carbonyl (C=O) groups excluding carboxylic acids is 1. The van der Waals surface area contributed by atoms with E-state index in [2.05, 4.69) is 17.2 Å². The summed E-state index contributed by atoms with van der Waals surface area (Å²) in [6.07, 6.45) is 1.85. The van der Waals surface area contributed by atoms with E-state index in [1.807, 2.05) is 22.8 Å². The van der Waals surface area contributed by atoms with Gasteiger partial charge in [-0.2, -0.15) is 0 Å². The van der Waals surface area contributed by atoms with E-state index >= 15 is 0 Å². The topological polar surface area (TPSA) is 72.9 Å². The summed E-state index contributed by atoms with van der Waals surface area (Å²) in [5.41, 5.74) is 8.25. The fraction of sp³-hybridized carbons (Fsp3) is 0.385. The minimum Gasteiger partial charge on any atom is -0.399 e. The van der Waals surface area contributed by atoms with Crippen LogP contribution in [0, 0.1) is 0 Å². The molecule has 0 aliphatic heterocycles. The molecule has 0 atom stereocenters. The Morgan fingerprint density at radius 2 is 2.28 bits per heavy atom. The molecule has 2 aromatic rings. The van der Waals surface area contributed by atoms with Gasteiger partial charge in [0.15, 0.2) is 0 Å². The Labute approximate surface area is 106 Å². The third kappa shape index (κ3) is 2.30. The first-order valence-electron chi connectivity index (χ1n) is 6.11. The number of aromatic nitrogens is 2. The van der Waals surface area contributed by atoms with Crippen molar-refractivity contribution in [2.24, 2.45) is 0 Å². The molecule has 0 unspecified atom stereocenters. The fourth-order valence-corrected chi connectivity index (χ4v) is 2.01. The van der Waals surface area contributed by atoms with E-state index in [4.69, 9.17) is 5.73 Å². The lowest BCUT2D eigenvalue weighted by molar-refractivity contribution is -0.121. The molecular weight excluding hydrogens is 228 g/mol. The molecule has 0 saturated carbocycles. The summed E-state index contributed by atoms with van der Waals surface area (Å²) < 4.78 is 1.96. The van der Waals surface area contributed by atoms with Crippen molar-refractivity contribution in [2.45, 2.75) is 26.3 Å². The molecule has 0 fully saturated rings. The summed E-state index contributed by atoms with van der Waals surface area (Å²) in [5.74, 6) is 0.908. The van der Waals surface area contributed by atoms with Gasteiger partial charge < -0.3 is 15.6 Å². The number of rotatable bonds is 4. The van der Waals surface area contributed by atoms with Crippen molar-refractivity contribution in [3.63, 3.8) is 0 Å². The van der Waals surface area contributed by atoms with Gasteiger partial charge in [0.05, 0.1) is 11.0 Å². The predicted octanol–water partition coefficient (Wildman–Crippen LogP) is 1.32. The number of hydrogen-bond donors (Lipinski definition) is 2. The van der Waals surface area contributed by atoms with Crippen molar-refractivity contribution in [1.29, 1.82) is 0 Å². The summed E-state index contributed by atoms with van der Waals surface area (Å²) >= 11 is 0. The summed E-state index contributed by atoms with van der Waals surface area (Å²) in [5, 5.41) is 2.64. The number of carbonyl (C=O) groups is 1. The molecule has 0 bridgehead atoms. The lowest BCUT2D eigenvalue weighted by Crippen LogP contribution is -2.24. The second-order valence-corrected chi connectivity index (χ2v) is 4.29. The minimum atomic E-state index is -0.0246. The van der Waals surface area contributed by atoms with Gasteiger partial charge in [-0.25, -0.2) is 4.98 Å². The summed E-state index contributed by atoms with van der Waals surface area (Å²) in [6.45, 7) is 2.39. The molecule has 1 amide bonds.